The zero-order valence-electron chi connectivity index (χ0n) is 10.4. The van der Waals surface area contributed by atoms with E-state index in [9.17, 15) is 4.79 Å². The number of nitrogens with zero attached hydrogens (tertiary/aromatic N) is 1. The van der Waals surface area contributed by atoms with Gasteiger partial charge < -0.3 is 0 Å². The molecule has 0 bridgehead atoms. The van der Waals surface area contributed by atoms with Gasteiger partial charge in [-0.15, -0.1) is 0 Å². The molecule has 2 unspecified atom stereocenters. The fraction of sp³-hybridized carbons (Fsp3) is 0.909. The molecule has 0 aliphatic heterocycles. The molecule has 15 heavy (non-hydrogen) atoms. The van der Waals surface area contributed by atoms with E-state index in [2.05, 4.69) is 34.6 Å². The molecular weight excluding hydrogens is 398 g/mol. The van der Waals surface area contributed by atoms with Gasteiger partial charge in [-0.3, -0.25) is 0 Å². The third-order valence-electron chi connectivity index (χ3n) is 3.43. The van der Waals surface area contributed by atoms with Crippen LogP contribution >= 0.6 is 8.25 Å². The van der Waals surface area contributed by atoms with E-state index < -0.39 is 23.3 Å². The van der Waals surface area contributed by atoms with Gasteiger partial charge in [-0.2, -0.15) is 0 Å². The molecule has 0 aromatic carbocycles. The Morgan fingerprint density at radius 1 is 1.40 bits per heavy atom. The van der Waals surface area contributed by atoms with E-state index in [0.717, 1.165) is 6.42 Å². The van der Waals surface area contributed by atoms with Gasteiger partial charge >= 0.3 is 109 Å². The number of halogens is 1. The van der Waals surface area contributed by atoms with Gasteiger partial charge in [0.1, 0.15) is 0 Å². The third kappa shape index (κ3) is 2.69. The van der Waals surface area contributed by atoms with Gasteiger partial charge in [0.15, 0.2) is 0 Å². The van der Waals surface area contributed by atoms with Crippen LogP contribution in [-0.2, 0) is 28.1 Å². The third-order valence-corrected chi connectivity index (χ3v) is 12.8. The Kier molecular flexibility index (Phi) is 4.50. The molecule has 0 heterocycles. The summed E-state index contributed by atoms with van der Waals surface area (Å²) in [6, 6.07) is 0.588. The molecule has 84 valence electrons. The van der Waals surface area contributed by atoms with E-state index in [-0.39, 0.29) is 5.41 Å². The van der Waals surface area contributed by atoms with Crippen LogP contribution in [0.2, 0.25) is 3.43 Å². The first-order valence-corrected chi connectivity index (χ1v) is 15.7. The topological polar surface area (TPSA) is 20.3 Å². The van der Waals surface area contributed by atoms with E-state index >= 15 is 0 Å². The van der Waals surface area contributed by atoms with Crippen molar-refractivity contribution in [2.75, 3.05) is 0 Å². The van der Waals surface area contributed by atoms with E-state index in [1.54, 1.807) is 0 Å². The summed E-state index contributed by atoms with van der Waals surface area (Å²) in [5, 5.41) is 0. The minimum atomic E-state index is -1.23. The van der Waals surface area contributed by atoms with Crippen molar-refractivity contribution < 1.29 is 28.1 Å². The van der Waals surface area contributed by atoms with Crippen molar-refractivity contribution in [2.45, 2.75) is 56.5 Å². The zero-order valence-corrected chi connectivity index (χ0v) is 16.6. The molecule has 1 saturated carbocycles. The molecule has 2 nitrogen and oxygen atoms in total. The van der Waals surface area contributed by atoms with Crippen molar-refractivity contribution in [3.8, 4) is 0 Å². The zero-order chi connectivity index (χ0) is 11.8. The Hall–Kier alpha value is 0.695. The molecule has 0 aromatic heterocycles. The maximum absolute atomic E-state index is 12.4. The first-order chi connectivity index (χ1) is 6.84. The summed E-state index contributed by atoms with van der Waals surface area (Å²) in [6.45, 7) is 10.4. The van der Waals surface area contributed by atoms with Gasteiger partial charge in [-0.1, -0.05) is 0 Å². The van der Waals surface area contributed by atoms with Crippen LogP contribution in [0.15, 0.2) is 0 Å². The molecule has 1 rings (SSSR count). The normalized spacial score (nSPS) is 29.2. The molecule has 1 aliphatic carbocycles. The number of hydrogen-bond acceptors (Lipinski definition) is 1. The second-order valence-corrected chi connectivity index (χ2v) is 13.1. The van der Waals surface area contributed by atoms with Crippen LogP contribution in [0.1, 0.15) is 41.0 Å². The van der Waals surface area contributed by atoms with Gasteiger partial charge in [-0.05, 0) is 0 Å². The summed E-state index contributed by atoms with van der Waals surface area (Å²) in [5.41, 5.74) is -0.0855. The minimum absolute atomic E-state index is 0.0855. The fourth-order valence-corrected chi connectivity index (χ4v) is 11.0. The molecule has 0 saturated heterocycles. The summed E-state index contributed by atoms with van der Waals surface area (Å²) in [6.07, 6.45) is 1.05. The van der Waals surface area contributed by atoms with Gasteiger partial charge in [0.2, 0.25) is 0 Å². The van der Waals surface area contributed by atoms with Crippen LogP contribution in [0.4, 0.5) is 0 Å². The molecule has 0 N–H and O–H groups in total. The fourth-order valence-electron chi connectivity index (χ4n) is 2.30. The summed E-state index contributed by atoms with van der Waals surface area (Å²) in [7, 11) is 6.04. The molecule has 2 atom stereocenters. The standard InChI is InChI=1S/C11H20NO.ClH.Hg/c1-8(2)12(9(3)4)10(13)11(5)6-7-11;;/h6,8-9H,7H2,1-5H3;1H;/q;;+1/p-1. The Morgan fingerprint density at radius 2 is 1.87 bits per heavy atom. The molecule has 0 spiro atoms. The van der Waals surface area contributed by atoms with Gasteiger partial charge in [-0.25, -0.2) is 0 Å². The molecule has 1 aliphatic rings. The maximum atomic E-state index is 12.4. The van der Waals surface area contributed by atoms with Crippen LogP contribution in [0, 0.1) is 5.41 Å². The van der Waals surface area contributed by atoms with Crippen LogP contribution in [0.3, 0.4) is 0 Å². The average Bonchev–Trinajstić information content (AvgIpc) is 2.77. The number of carbonyl (C=O) groups excluding carboxylic acids is 1. The van der Waals surface area contributed by atoms with Crippen LogP contribution in [0.5, 0.6) is 0 Å². The number of rotatable bonds is 4. The van der Waals surface area contributed by atoms with E-state index in [1.165, 1.54) is 0 Å². The van der Waals surface area contributed by atoms with Crippen LogP contribution in [0.25, 0.3) is 0 Å². The summed E-state index contributed by atoms with van der Waals surface area (Å²) in [4.78, 5) is 14.4. The quantitative estimate of drug-likeness (QED) is 0.643. The Labute approximate surface area is 109 Å². The second kappa shape index (κ2) is 4.91. The average molecular weight is 418 g/mol. The van der Waals surface area contributed by atoms with Crippen molar-refractivity contribution in [3.05, 3.63) is 0 Å². The monoisotopic (exact) mass is 419 g/mol. The SMILES string of the molecule is CC(C)N(C(=O)C1(C)C[CH]1[Hg][Cl])C(C)C. The summed E-state index contributed by atoms with van der Waals surface area (Å²) < 4.78 is 0.603. The number of amides is 1. The summed E-state index contributed by atoms with van der Waals surface area (Å²) in [5.74, 6) is 0.332. The van der Waals surface area contributed by atoms with Gasteiger partial charge in [0.25, 0.3) is 0 Å². The molecular formula is C11H20ClHgNO. The number of carbonyl (C=O) groups is 1. The van der Waals surface area contributed by atoms with E-state index in [1.807, 2.05) is 4.90 Å². The predicted molar refractivity (Wildman–Crippen MR) is 59.4 cm³/mol. The molecule has 1 amide bonds. The van der Waals surface area contributed by atoms with Crippen molar-refractivity contribution in [2.24, 2.45) is 5.41 Å². The van der Waals surface area contributed by atoms with Crippen molar-refractivity contribution in [1.82, 2.24) is 4.90 Å². The first kappa shape index (κ1) is 13.8. The first-order valence-electron chi connectivity index (χ1n) is 5.73. The van der Waals surface area contributed by atoms with Gasteiger partial charge in [0, 0.05) is 0 Å². The Balaban J connectivity index is 2.75. The van der Waals surface area contributed by atoms with Crippen molar-refractivity contribution in [1.29, 1.82) is 0 Å². The van der Waals surface area contributed by atoms with Crippen molar-refractivity contribution in [3.63, 3.8) is 0 Å². The van der Waals surface area contributed by atoms with E-state index in [0.29, 0.717) is 21.4 Å². The molecule has 0 radical (unpaired) electrons. The molecule has 4 heteroatoms. The number of hydrogen-bond donors (Lipinski definition) is 0. The summed E-state index contributed by atoms with van der Waals surface area (Å²) >= 11 is -1.23. The molecule has 0 aromatic rings. The predicted octanol–water partition coefficient (Wildman–Crippen LogP) is 3.07. The van der Waals surface area contributed by atoms with Crippen LogP contribution < -0.4 is 0 Å². The second-order valence-electron chi connectivity index (χ2n) is 5.37. The van der Waals surface area contributed by atoms with Crippen LogP contribution in [-0.4, -0.2) is 22.9 Å². The molecule has 1 fully saturated rings. The Bertz CT molecular complexity index is 249. The van der Waals surface area contributed by atoms with Gasteiger partial charge in [0.05, 0.1) is 0 Å². The van der Waals surface area contributed by atoms with Crippen molar-refractivity contribution >= 4 is 14.2 Å². The Morgan fingerprint density at radius 3 is 2.13 bits per heavy atom. The van der Waals surface area contributed by atoms with E-state index in [4.69, 9.17) is 8.25 Å².